The molecule has 0 heterocycles. The van der Waals surface area contributed by atoms with Gasteiger partial charge in [-0.25, -0.2) is 4.79 Å². The van der Waals surface area contributed by atoms with Gasteiger partial charge in [-0.2, -0.15) is 0 Å². The van der Waals surface area contributed by atoms with Gasteiger partial charge >= 0.3 is 6.09 Å². The molecule has 2 rings (SSSR count). The molecule has 1 unspecified atom stereocenters. The van der Waals surface area contributed by atoms with Gasteiger partial charge in [0.15, 0.2) is 0 Å². The zero-order chi connectivity index (χ0) is 26.7. The lowest BCUT2D eigenvalue weighted by Crippen LogP contribution is -2.47. The number of nitrogens with zero attached hydrogens (tertiary/aromatic N) is 1. The number of alkyl carbamates (subject to hydrolysis) is 1. The summed E-state index contributed by atoms with van der Waals surface area (Å²) in [5, 5.41) is 15.1. The Labute approximate surface area is 212 Å². The predicted octanol–water partition coefficient (Wildman–Crippen LogP) is 4.62. The van der Waals surface area contributed by atoms with Crippen LogP contribution in [0.1, 0.15) is 58.6 Å². The summed E-state index contributed by atoms with van der Waals surface area (Å²) < 4.78 is 10.4. The molecule has 3 amide bonds. The third-order valence-electron chi connectivity index (χ3n) is 5.23. The highest BCUT2D eigenvalue weighted by Crippen LogP contribution is 2.26. The molecule has 3 N–H and O–H groups in total. The van der Waals surface area contributed by atoms with E-state index in [1.807, 2.05) is 6.92 Å². The quantitative estimate of drug-likeness (QED) is 0.388. The molecule has 0 saturated heterocycles. The predicted molar refractivity (Wildman–Crippen MR) is 138 cm³/mol. The monoisotopic (exact) mass is 499 g/mol. The van der Waals surface area contributed by atoms with Crippen LogP contribution in [0.2, 0.25) is 0 Å². The van der Waals surface area contributed by atoms with Crippen LogP contribution in [0.3, 0.4) is 0 Å². The third-order valence-corrected chi connectivity index (χ3v) is 5.23. The molecule has 0 aliphatic heterocycles. The first-order chi connectivity index (χ1) is 17.0. The van der Waals surface area contributed by atoms with Crippen molar-refractivity contribution in [3.63, 3.8) is 0 Å². The van der Waals surface area contributed by atoms with Gasteiger partial charge in [0.05, 0.1) is 7.11 Å². The highest BCUT2D eigenvalue weighted by molar-refractivity contribution is 5.98. The van der Waals surface area contributed by atoms with Crippen molar-refractivity contribution in [2.75, 3.05) is 25.5 Å². The van der Waals surface area contributed by atoms with Crippen LogP contribution in [-0.4, -0.2) is 53.7 Å². The van der Waals surface area contributed by atoms with E-state index in [0.717, 1.165) is 12.8 Å². The van der Waals surface area contributed by atoms with Crippen LogP contribution >= 0.6 is 0 Å². The molecule has 2 aromatic rings. The summed E-state index contributed by atoms with van der Waals surface area (Å²) in [6.45, 7) is 7.22. The average Bonchev–Trinajstić information content (AvgIpc) is 2.82. The molecular formula is C27H37N3O6. The van der Waals surface area contributed by atoms with Gasteiger partial charge in [-0.1, -0.05) is 31.9 Å². The van der Waals surface area contributed by atoms with Crippen LogP contribution in [0.25, 0.3) is 0 Å². The van der Waals surface area contributed by atoms with E-state index in [-0.39, 0.29) is 12.3 Å². The molecule has 0 aromatic heterocycles. The number of rotatable bonds is 11. The smallest absolute Gasteiger partial charge is 0.408 e. The Morgan fingerprint density at radius 3 is 2.19 bits per heavy atom. The summed E-state index contributed by atoms with van der Waals surface area (Å²) in [6, 6.07) is 12.0. The number of benzene rings is 2. The van der Waals surface area contributed by atoms with E-state index in [9.17, 15) is 19.5 Å². The molecule has 0 saturated carbocycles. The standard InChI is InChI=1S/C27H37N3O6/c1-6-7-8-17-30(23(32)18-28-26(34)36-27(2,3)4)24(19-9-13-21(31)14-10-19)25(33)29-20-11-15-22(35-5)16-12-20/h9-16,24,31H,6-8,17-18H2,1-5H3,(H,28,34)(H,29,33). The van der Waals surface area contributed by atoms with Gasteiger partial charge < -0.3 is 30.1 Å². The summed E-state index contributed by atoms with van der Waals surface area (Å²) in [5.74, 6) is -0.163. The lowest BCUT2D eigenvalue weighted by molar-refractivity contribution is -0.138. The number of amides is 3. The first-order valence-electron chi connectivity index (χ1n) is 12.0. The van der Waals surface area contributed by atoms with E-state index in [0.29, 0.717) is 30.0 Å². The molecule has 1 atom stereocenters. The number of hydrogen-bond acceptors (Lipinski definition) is 6. The minimum absolute atomic E-state index is 0.0449. The van der Waals surface area contributed by atoms with Crippen molar-refractivity contribution in [2.24, 2.45) is 0 Å². The largest absolute Gasteiger partial charge is 0.508 e. The molecule has 196 valence electrons. The Morgan fingerprint density at radius 1 is 1.00 bits per heavy atom. The number of carbonyl (C=O) groups is 3. The Morgan fingerprint density at radius 2 is 1.64 bits per heavy atom. The second kappa shape index (κ2) is 13.4. The Hall–Kier alpha value is -3.75. The van der Waals surface area contributed by atoms with Crippen molar-refractivity contribution in [3.8, 4) is 11.5 Å². The zero-order valence-corrected chi connectivity index (χ0v) is 21.7. The number of methoxy groups -OCH3 is 1. The number of nitrogens with one attached hydrogen (secondary N) is 2. The van der Waals surface area contributed by atoms with Crippen LogP contribution in [-0.2, 0) is 14.3 Å². The molecule has 0 radical (unpaired) electrons. The topological polar surface area (TPSA) is 117 Å². The van der Waals surface area contributed by atoms with E-state index in [2.05, 4.69) is 10.6 Å². The maximum Gasteiger partial charge on any atom is 0.408 e. The highest BCUT2D eigenvalue weighted by atomic mass is 16.6. The van der Waals surface area contributed by atoms with Crippen LogP contribution in [0.15, 0.2) is 48.5 Å². The Kier molecular flexibility index (Phi) is 10.6. The number of phenols is 1. The Bertz CT molecular complexity index is 1000. The highest BCUT2D eigenvalue weighted by Gasteiger charge is 2.31. The van der Waals surface area contributed by atoms with E-state index >= 15 is 0 Å². The molecule has 36 heavy (non-hydrogen) atoms. The second-order valence-electron chi connectivity index (χ2n) is 9.36. The summed E-state index contributed by atoms with van der Waals surface area (Å²) in [4.78, 5) is 40.5. The maximum absolute atomic E-state index is 13.5. The Balaban J connectivity index is 2.33. The molecule has 0 fully saturated rings. The fourth-order valence-corrected chi connectivity index (χ4v) is 3.51. The second-order valence-corrected chi connectivity index (χ2v) is 9.36. The van der Waals surface area contributed by atoms with Crippen LogP contribution < -0.4 is 15.4 Å². The first-order valence-corrected chi connectivity index (χ1v) is 12.0. The molecular weight excluding hydrogens is 462 g/mol. The number of phenolic OH excluding ortho intramolecular Hbond substituents is 1. The summed E-state index contributed by atoms with van der Waals surface area (Å²) in [5.41, 5.74) is 0.360. The number of hydrogen-bond donors (Lipinski definition) is 3. The fourth-order valence-electron chi connectivity index (χ4n) is 3.51. The van der Waals surface area contributed by atoms with Crippen LogP contribution in [0.4, 0.5) is 10.5 Å². The number of unbranched alkanes of at least 4 members (excludes halogenated alkanes) is 2. The van der Waals surface area contributed by atoms with Crippen LogP contribution in [0, 0.1) is 0 Å². The lowest BCUT2D eigenvalue weighted by Gasteiger charge is -2.32. The SMILES string of the molecule is CCCCCN(C(=O)CNC(=O)OC(C)(C)C)C(C(=O)Nc1ccc(OC)cc1)c1ccc(O)cc1. The summed E-state index contributed by atoms with van der Waals surface area (Å²) in [7, 11) is 1.56. The lowest BCUT2D eigenvalue weighted by atomic mass is 10.0. The average molecular weight is 500 g/mol. The molecule has 2 aromatic carbocycles. The van der Waals surface area contributed by atoms with Crippen molar-refractivity contribution < 1.29 is 29.0 Å². The number of carbonyl (C=O) groups excluding carboxylic acids is 3. The van der Waals surface area contributed by atoms with Gasteiger partial charge in [-0.3, -0.25) is 9.59 Å². The van der Waals surface area contributed by atoms with Gasteiger partial charge in [-0.05, 0) is 69.2 Å². The van der Waals surface area contributed by atoms with E-state index in [1.165, 1.54) is 17.0 Å². The summed E-state index contributed by atoms with van der Waals surface area (Å²) in [6.07, 6.45) is 1.76. The first kappa shape index (κ1) is 28.5. The van der Waals surface area contributed by atoms with Gasteiger partial charge in [-0.15, -0.1) is 0 Å². The molecule has 9 heteroatoms. The third kappa shape index (κ3) is 9.13. The van der Waals surface area contributed by atoms with Crippen molar-refractivity contribution >= 4 is 23.6 Å². The minimum Gasteiger partial charge on any atom is -0.508 e. The van der Waals surface area contributed by atoms with Crippen molar-refractivity contribution in [2.45, 2.75) is 58.6 Å². The van der Waals surface area contributed by atoms with Gasteiger partial charge in [0.25, 0.3) is 5.91 Å². The van der Waals surface area contributed by atoms with Gasteiger partial charge in [0.1, 0.15) is 29.7 Å². The van der Waals surface area contributed by atoms with Crippen molar-refractivity contribution in [1.82, 2.24) is 10.2 Å². The normalized spacial score (nSPS) is 11.8. The zero-order valence-electron chi connectivity index (χ0n) is 21.7. The molecule has 0 aliphatic carbocycles. The maximum atomic E-state index is 13.5. The van der Waals surface area contributed by atoms with E-state index in [4.69, 9.17) is 9.47 Å². The van der Waals surface area contributed by atoms with Crippen LogP contribution in [0.5, 0.6) is 11.5 Å². The number of ether oxygens (including phenoxy) is 2. The van der Waals surface area contributed by atoms with E-state index in [1.54, 1.807) is 64.3 Å². The summed E-state index contributed by atoms with van der Waals surface area (Å²) >= 11 is 0. The fraction of sp³-hybridized carbons (Fsp3) is 0.444. The minimum atomic E-state index is -0.988. The van der Waals surface area contributed by atoms with E-state index < -0.39 is 29.6 Å². The van der Waals surface area contributed by atoms with Crippen molar-refractivity contribution in [3.05, 3.63) is 54.1 Å². The van der Waals surface area contributed by atoms with Gasteiger partial charge in [0, 0.05) is 12.2 Å². The molecule has 0 bridgehead atoms. The molecule has 0 spiro atoms. The number of aromatic hydroxyl groups is 1. The number of anilines is 1. The molecule has 9 nitrogen and oxygen atoms in total. The van der Waals surface area contributed by atoms with Crippen molar-refractivity contribution in [1.29, 1.82) is 0 Å². The molecule has 0 aliphatic rings. The van der Waals surface area contributed by atoms with Gasteiger partial charge in [0.2, 0.25) is 5.91 Å².